The molecular formula is C14H14FNO2. The number of aromatic nitrogens is 1. The molecule has 0 atom stereocenters. The Balaban J connectivity index is 2.39. The maximum absolute atomic E-state index is 13.4. The van der Waals surface area contributed by atoms with Gasteiger partial charge in [-0.25, -0.2) is 14.2 Å². The molecule has 2 aromatic rings. The number of esters is 1. The Morgan fingerprint density at radius 2 is 1.94 bits per heavy atom. The van der Waals surface area contributed by atoms with Crippen molar-refractivity contribution >= 4 is 16.9 Å². The third-order valence-corrected chi connectivity index (χ3v) is 2.29. The number of benzene rings is 1. The maximum Gasteiger partial charge on any atom is 0.357 e. The molecule has 3 nitrogen and oxygen atoms in total. The van der Waals surface area contributed by atoms with E-state index in [0.717, 1.165) is 0 Å². The van der Waals surface area contributed by atoms with Crippen molar-refractivity contribution in [3.8, 4) is 0 Å². The molecule has 1 heterocycles. The predicted octanol–water partition coefficient (Wildman–Crippen LogP) is 3.33. The van der Waals surface area contributed by atoms with Gasteiger partial charge in [0.25, 0.3) is 0 Å². The van der Waals surface area contributed by atoms with Crippen LogP contribution in [0.1, 0.15) is 31.3 Å². The molecule has 0 bridgehead atoms. The van der Waals surface area contributed by atoms with Crippen molar-refractivity contribution in [1.29, 1.82) is 0 Å². The quantitative estimate of drug-likeness (QED) is 0.725. The summed E-state index contributed by atoms with van der Waals surface area (Å²) in [6.45, 7) is 5.35. The molecule has 0 spiro atoms. The molecule has 94 valence electrons. The fourth-order valence-corrected chi connectivity index (χ4v) is 1.56. The number of halogens is 1. The van der Waals surface area contributed by atoms with Gasteiger partial charge in [-0.05, 0) is 45.0 Å². The Bertz CT molecular complexity index is 602. The zero-order valence-corrected chi connectivity index (χ0v) is 10.5. The Hall–Kier alpha value is -1.97. The lowest BCUT2D eigenvalue weighted by Gasteiger charge is -2.19. The summed E-state index contributed by atoms with van der Waals surface area (Å²) in [6, 6.07) is 7.59. The standard InChI is InChI=1S/C14H14FNO2/c1-14(2,3)18-13(17)12-8-7-9-10(15)5-4-6-11(9)16-12/h4-8H,1-3H3. The van der Waals surface area contributed by atoms with E-state index in [0.29, 0.717) is 10.9 Å². The van der Waals surface area contributed by atoms with Crippen LogP contribution in [0.5, 0.6) is 0 Å². The molecule has 0 amide bonds. The molecule has 18 heavy (non-hydrogen) atoms. The highest BCUT2D eigenvalue weighted by molar-refractivity contribution is 5.91. The first kappa shape index (κ1) is 12.5. The lowest BCUT2D eigenvalue weighted by atomic mass is 10.1. The number of rotatable bonds is 1. The minimum absolute atomic E-state index is 0.183. The van der Waals surface area contributed by atoms with Gasteiger partial charge in [0.2, 0.25) is 0 Å². The topological polar surface area (TPSA) is 39.2 Å². The van der Waals surface area contributed by atoms with Crippen LogP contribution in [0.15, 0.2) is 30.3 Å². The predicted molar refractivity (Wildman–Crippen MR) is 66.9 cm³/mol. The van der Waals surface area contributed by atoms with Crippen molar-refractivity contribution in [2.75, 3.05) is 0 Å². The number of nitrogens with zero attached hydrogens (tertiary/aromatic N) is 1. The van der Waals surface area contributed by atoms with E-state index >= 15 is 0 Å². The van der Waals surface area contributed by atoms with Crippen molar-refractivity contribution in [2.45, 2.75) is 26.4 Å². The normalized spacial score (nSPS) is 11.6. The third kappa shape index (κ3) is 2.64. The molecule has 0 N–H and O–H groups in total. The summed E-state index contributed by atoms with van der Waals surface area (Å²) < 4.78 is 18.6. The van der Waals surface area contributed by atoms with Crippen LogP contribution < -0.4 is 0 Å². The number of pyridine rings is 1. The molecule has 1 aromatic heterocycles. The van der Waals surface area contributed by atoms with Crippen LogP contribution in [-0.2, 0) is 4.74 Å². The molecule has 2 rings (SSSR count). The summed E-state index contributed by atoms with van der Waals surface area (Å²) in [5, 5.41) is 0.393. The van der Waals surface area contributed by atoms with Crippen LogP contribution in [0, 0.1) is 5.82 Å². The monoisotopic (exact) mass is 247 g/mol. The first-order valence-electron chi connectivity index (χ1n) is 5.65. The first-order chi connectivity index (χ1) is 8.37. The second kappa shape index (κ2) is 4.37. The van der Waals surface area contributed by atoms with E-state index in [1.165, 1.54) is 18.2 Å². The van der Waals surface area contributed by atoms with Crippen LogP contribution in [0.4, 0.5) is 4.39 Å². The summed E-state index contributed by atoms with van der Waals surface area (Å²) in [7, 11) is 0. The summed E-state index contributed by atoms with van der Waals surface area (Å²) in [5.74, 6) is -0.857. The molecule has 0 saturated carbocycles. The Morgan fingerprint density at radius 3 is 2.61 bits per heavy atom. The van der Waals surface area contributed by atoms with Gasteiger partial charge in [0, 0.05) is 5.39 Å². The van der Waals surface area contributed by atoms with Gasteiger partial charge >= 0.3 is 5.97 Å². The van der Waals surface area contributed by atoms with E-state index < -0.39 is 11.6 Å². The third-order valence-electron chi connectivity index (χ3n) is 2.29. The number of carbonyl (C=O) groups is 1. The number of carbonyl (C=O) groups excluding carboxylic acids is 1. The van der Waals surface area contributed by atoms with E-state index in [4.69, 9.17) is 4.74 Å². The zero-order chi connectivity index (χ0) is 13.3. The van der Waals surface area contributed by atoms with Crippen molar-refractivity contribution in [3.63, 3.8) is 0 Å². The molecule has 0 aliphatic heterocycles. The highest BCUT2D eigenvalue weighted by atomic mass is 19.1. The van der Waals surface area contributed by atoms with E-state index in [9.17, 15) is 9.18 Å². The van der Waals surface area contributed by atoms with Crippen molar-refractivity contribution < 1.29 is 13.9 Å². The molecule has 0 fully saturated rings. The van der Waals surface area contributed by atoms with Gasteiger partial charge in [-0.1, -0.05) is 6.07 Å². The van der Waals surface area contributed by atoms with Crippen molar-refractivity contribution in [3.05, 3.63) is 41.8 Å². The minimum atomic E-state index is -0.574. The van der Waals surface area contributed by atoms with Crippen LogP contribution >= 0.6 is 0 Å². The second-order valence-corrected chi connectivity index (χ2v) is 5.00. The molecule has 0 aliphatic carbocycles. The number of hydrogen-bond acceptors (Lipinski definition) is 3. The summed E-state index contributed by atoms with van der Waals surface area (Å²) in [4.78, 5) is 15.9. The summed E-state index contributed by atoms with van der Waals surface area (Å²) >= 11 is 0. The van der Waals surface area contributed by atoms with E-state index in [1.54, 1.807) is 32.9 Å². The lowest BCUT2D eigenvalue weighted by molar-refractivity contribution is 0.00633. The van der Waals surface area contributed by atoms with Crippen LogP contribution in [0.3, 0.4) is 0 Å². The Kier molecular flexibility index (Phi) is 3.03. The molecule has 1 aromatic carbocycles. The van der Waals surface area contributed by atoms with Gasteiger partial charge in [0.1, 0.15) is 17.1 Å². The second-order valence-electron chi connectivity index (χ2n) is 5.00. The Labute approximate surface area is 105 Å². The first-order valence-corrected chi connectivity index (χ1v) is 5.65. The Morgan fingerprint density at radius 1 is 1.22 bits per heavy atom. The van der Waals surface area contributed by atoms with Crippen LogP contribution in [0.2, 0.25) is 0 Å². The fourth-order valence-electron chi connectivity index (χ4n) is 1.56. The largest absolute Gasteiger partial charge is 0.455 e. The highest BCUT2D eigenvalue weighted by Crippen LogP contribution is 2.17. The summed E-state index contributed by atoms with van der Waals surface area (Å²) in [6.07, 6.45) is 0. The van der Waals surface area contributed by atoms with E-state index in [1.807, 2.05) is 0 Å². The molecule has 4 heteroatoms. The van der Waals surface area contributed by atoms with Crippen molar-refractivity contribution in [2.24, 2.45) is 0 Å². The maximum atomic E-state index is 13.4. The van der Waals surface area contributed by atoms with Gasteiger partial charge in [0.15, 0.2) is 0 Å². The molecular weight excluding hydrogens is 233 g/mol. The average molecular weight is 247 g/mol. The van der Waals surface area contributed by atoms with E-state index in [2.05, 4.69) is 4.98 Å². The smallest absolute Gasteiger partial charge is 0.357 e. The van der Waals surface area contributed by atoms with E-state index in [-0.39, 0.29) is 11.5 Å². The SMILES string of the molecule is CC(C)(C)OC(=O)c1ccc2c(F)cccc2n1. The molecule has 0 radical (unpaired) electrons. The van der Waals surface area contributed by atoms with Gasteiger partial charge < -0.3 is 4.74 Å². The van der Waals surface area contributed by atoms with Crippen LogP contribution in [-0.4, -0.2) is 16.6 Å². The van der Waals surface area contributed by atoms with Gasteiger partial charge in [-0.3, -0.25) is 0 Å². The minimum Gasteiger partial charge on any atom is -0.455 e. The van der Waals surface area contributed by atoms with Crippen molar-refractivity contribution in [1.82, 2.24) is 4.98 Å². The van der Waals surface area contributed by atoms with Gasteiger partial charge in [-0.2, -0.15) is 0 Å². The summed E-state index contributed by atoms with van der Waals surface area (Å²) in [5.41, 5.74) is 0.0525. The van der Waals surface area contributed by atoms with Gasteiger partial charge in [0.05, 0.1) is 5.52 Å². The van der Waals surface area contributed by atoms with Gasteiger partial charge in [-0.15, -0.1) is 0 Å². The van der Waals surface area contributed by atoms with Crippen LogP contribution in [0.25, 0.3) is 10.9 Å². The average Bonchev–Trinajstić information content (AvgIpc) is 2.26. The number of fused-ring (bicyclic) bond motifs is 1. The molecule has 0 saturated heterocycles. The number of ether oxygens (including phenoxy) is 1. The lowest BCUT2D eigenvalue weighted by Crippen LogP contribution is -2.24. The highest BCUT2D eigenvalue weighted by Gasteiger charge is 2.19. The molecule has 0 unspecified atom stereocenters. The molecule has 0 aliphatic rings. The number of hydrogen-bond donors (Lipinski definition) is 0. The zero-order valence-electron chi connectivity index (χ0n) is 10.5. The fraction of sp³-hybridized carbons (Fsp3) is 0.286.